The van der Waals surface area contributed by atoms with Gasteiger partial charge >= 0.3 is 0 Å². The van der Waals surface area contributed by atoms with Gasteiger partial charge in [-0.3, -0.25) is 4.79 Å². The molecule has 0 radical (unpaired) electrons. The second-order valence-electron chi connectivity index (χ2n) is 7.53. The monoisotopic (exact) mass is 466 g/mol. The van der Waals surface area contributed by atoms with Crippen LogP contribution in [0.3, 0.4) is 0 Å². The third-order valence-electron chi connectivity index (χ3n) is 5.06. The van der Waals surface area contributed by atoms with Crippen LogP contribution in [0.1, 0.15) is 33.9 Å². The zero-order valence-corrected chi connectivity index (χ0v) is 19.1. The maximum Gasteiger partial charge on any atom is 0.262 e. The van der Waals surface area contributed by atoms with Gasteiger partial charge in [-0.2, -0.15) is 0 Å². The molecule has 0 fully saturated rings. The van der Waals surface area contributed by atoms with Crippen LogP contribution in [0, 0.1) is 13.8 Å². The topological polar surface area (TPSA) is 76.1 Å². The Morgan fingerprint density at radius 2 is 1.69 bits per heavy atom. The molecule has 0 aliphatic heterocycles. The first-order chi connectivity index (χ1) is 14.7. The predicted octanol–water partition coefficient (Wildman–Crippen LogP) is 5.55. The summed E-state index contributed by atoms with van der Waals surface area (Å²) in [5.41, 5.74) is 4.71. The van der Waals surface area contributed by atoms with Crippen molar-refractivity contribution >= 4 is 37.3 Å². The van der Waals surface area contributed by atoms with Crippen molar-refractivity contribution in [3.63, 3.8) is 0 Å². The summed E-state index contributed by atoms with van der Waals surface area (Å²) >= 11 is 1.39. The van der Waals surface area contributed by atoms with Crippen LogP contribution in [-0.4, -0.2) is 25.6 Å². The smallest absolute Gasteiger partial charge is 0.262 e. The molecule has 5 nitrogen and oxygen atoms in total. The average Bonchev–Trinajstić information content (AvgIpc) is 3.12. The van der Waals surface area contributed by atoms with Crippen LogP contribution in [0.2, 0.25) is 0 Å². The molecule has 0 unspecified atom stereocenters. The molecule has 2 aromatic carbocycles. The lowest BCUT2D eigenvalue weighted by molar-refractivity contribution is 0.0955. The number of rotatable bonds is 5. The predicted molar refractivity (Wildman–Crippen MR) is 132 cm³/mol. The molecule has 0 spiro atoms. The first-order valence-corrected chi connectivity index (χ1v) is 12.5. The highest BCUT2D eigenvalue weighted by Gasteiger charge is 2.22. The molecule has 0 atom stereocenters. The molecule has 166 valence electrons. The number of fused-ring (bicyclic) bond motifs is 1. The van der Waals surface area contributed by atoms with Gasteiger partial charge in [-0.15, -0.1) is 11.3 Å². The molecule has 0 aliphatic rings. The van der Waals surface area contributed by atoms with Crippen molar-refractivity contribution in [2.75, 3.05) is 6.26 Å². The Morgan fingerprint density at radius 1 is 1.03 bits per heavy atom. The number of hydrogen-bond acceptors (Lipinski definition) is 5. The molecule has 7 heteroatoms. The molecule has 0 saturated heterocycles. The number of carbonyl (C=O) groups is 1. The van der Waals surface area contributed by atoms with Crippen molar-refractivity contribution in [2.24, 2.45) is 0 Å². The van der Waals surface area contributed by atoms with E-state index in [0.29, 0.717) is 11.4 Å². The number of aromatic nitrogens is 1. The molecule has 2 aromatic heterocycles. The van der Waals surface area contributed by atoms with Gasteiger partial charge in [-0.25, -0.2) is 13.4 Å². The lowest BCUT2D eigenvalue weighted by atomic mass is 9.99. The van der Waals surface area contributed by atoms with Crippen LogP contribution in [-0.2, 0) is 16.4 Å². The molecule has 1 amide bonds. The van der Waals surface area contributed by atoms with E-state index in [1.165, 1.54) is 17.6 Å². The second-order valence-corrected chi connectivity index (χ2v) is 10.5. The van der Waals surface area contributed by atoms with E-state index < -0.39 is 9.84 Å². The molecule has 1 N–H and O–H groups in total. The number of nitrogens with zero attached hydrogens (tertiary/aromatic N) is 1. The zero-order valence-electron chi connectivity index (χ0n) is 17.5. The van der Waals surface area contributed by atoms with E-state index >= 15 is 0 Å². The number of hydrogen-bond donors (Lipinski definition) is 1. The van der Waals surface area contributed by atoms with Crippen LogP contribution in [0.25, 0.3) is 21.3 Å². The summed E-state index contributed by atoms with van der Waals surface area (Å²) in [7, 11) is -3.25. The summed E-state index contributed by atoms with van der Waals surface area (Å²) in [5.74, 6) is -0.175. The van der Waals surface area contributed by atoms with Crippen LogP contribution in [0.5, 0.6) is 0 Å². The molecule has 4 aromatic rings. The number of carbonyl (C=O) groups excluding carboxylic acids is 1. The Labute approximate surface area is 193 Å². The summed E-state index contributed by atoms with van der Waals surface area (Å²) in [6.45, 7) is 4.30. The van der Waals surface area contributed by atoms with Crippen LogP contribution in [0.15, 0.2) is 65.6 Å². The van der Waals surface area contributed by atoms with Gasteiger partial charge in [0.1, 0.15) is 9.71 Å². The van der Waals surface area contributed by atoms with Crippen molar-refractivity contribution in [1.82, 2.24) is 10.3 Å². The largest absolute Gasteiger partial charge is 0.347 e. The lowest BCUT2D eigenvalue weighted by Gasteiger charge is -2.08. The molecule has 32 heavy (non-hydrogen) atoms. The van der Waals surface area contributed by atoms with E-state index in [-0.39, 0.29) is 18.2 Å². The second kappa shape index (κ2) is 9.22. The van der Waals surface area contributed by atoms with E-state index in [9.17, 15) is 13.2 Å². The van der Waals surface area contributed by atoms with Gasteiger partial charge in [0.25, 0.3) is 5.91 Å². The quantitative estimate of drug-likeness (QED) is 0.418. The van der Waals surface area contributed by atoms with Gasteiger partial charge in [-0.05, 0) is 48.7 Å². The summed E-state index contributed by atoms with van der Waals surface area (Å²) < 4.78 is 23.3. The number of pyridine rings is 1. The minimum absolute atomic E-state index is 0. The summed E-state index contributed by atoms with van der Waals surface area (Å²) in [6.07, 6.45) is 1.17. The van der Waals surface area contributed by atoms with Gasteiger partial charge in [0, 0.05) is 29.4 Å². The fourth-order valence-electron chi connectivity index (χ4n) is 3.60. The fourth-order valence-corrected chi connectivity index (χ4v) is 5.46. The van der Waals surface area contributed by atoms with Crippen molar-refractivity contribution in [2.45, 2.75) is 32.7 Å². The minimum atomic E-state index is -3.25. The van der Waals surface area contributed by atoms with Crippen molar-refractivity contribution in [3.8, 4) is 11.1 Å². The molecular formula is C25H26N2O3S2. The first-order valence-electron chi connectivity index (χ1n) is 9.77. The third kappa shape index (κ3) is 4.74. The van der Waals surface area contributed by atoms with Crippen LogP contribution in [0.4, 0.5) is 0 Å². The third-order valence-corrected chi connectivity index (χ3v) is 7.27. The Bertz CT molecular complexity index is 1370. The minimum Gasteiger partial charge on any atom is -0.347 e. The molecule has 0 bridgehead atoms. The molecule has 0 aliphatic carbocycles. The van der Waals surface area contributed by atoms with Gasteiger partial charge in [-0.1, -0.05) is 49.9 Å². The highest BCUT2D eigenvalue weighted by atomic mass is 32.2. The zero-order chi connectivity index (χ0) is 22.2. The average molecular weight is 467 g/mol. The maximum atomic E-state index is 13.2. The van der Waals surface area contributed by atoms with E-state index in [0.717, 1.165) is 38.2 Å². The molecule has 2 heterocycles. The SMILES string of the molecule is C.Cc1cc(C)c2c(-c3ccccc3)c(C(=O)NCc3ccc(S(C)(=O)=O)cc3)sc2n1. The number of sulfone groups is 1. The Kier molecular flexibility index (Phi) is 6.81. The van der Waals surface area contributed by atoms with E-state index in [1.807, 2.05) is 50.2 Å². The molecular weight excluding hydrogens is 440 g/mol. The summed E-state index contributed by atoms with van der Waals surface area (Å²) in [4.78, 5) is 19.6. The van der Waals surface area contributed by atoms with E-state index in [4.69, 9.17) is 0 Å². The lowest BCUT2D eigenvalue weighted by Crippen LogP contribution is -2.22. The van der Waals surface area contributed by atoms with E-state index in [1.54, 1.807) is 24.3 Å². The number of benzene rings is 2. The van der Waals surface area contributed by atoms with Crippen molar-refractivity contribution in [1.29, 1.82) is 0 Å². The number of amides is 1. The maximum absolute atomic E-state index is 13.2. The summed E-state index contributed by atoms with van der Waals surface area (Å²) in [5, 5.41) is 3.98. The van der Waals surface area contributed by atoms with Gasteiger partial charge in [0.2, 0.25) is 0 Å². The first kappa shape index (κ1) is 23.6. The van der Waals surface area contributed by atoms with Crippen molar-refractivity contribution in [3.05, 3.63) is 82.4 Å². The van der Waals surface area contributed by atoms with Crippen molar-refractivity contribution < 1.29 is 13.2 Å². The fraction of sp³-hybridized carbons (Fsp3) is 0.200. The standard InChI is InChI=1S/C24H22N2O3S2.CH4/c1-15-13-16(2)26-24-20(15)21(18-7-5-4-6-8-18)22(30-24)23(27)25-14-17-9-11-19(12-10-17)31(3,28)29;/h4-13H,14H2,1-3H3,(H,25,27);1H4. The molecule has 4 rings (SSSR count). The Balaban J connectivity index is 0.00000289. The highest BCUT2D eigenvalue weighted by Crippen LogP contribution is 2.39. The number of aryl methyl sites for hydroxylation is 2. The normalized spacial score (nSPS) is 11.2. The number of nitrogens with one attached hydrogen (secondary N) is 1. The van der Waals surface area contributed by atoms with Crippen LogP contribution >= 0.6 is 11.3 Å². The van der Waals surface area contributed by atoms with Crippen LogP contribution < -0.4 is 5.32 Å². The summed E-state index contributed by atoms with van der Waals surface area (Å²) in [6, 6.07) is 18.5. The Hall–Kier alpha value is -3.03. The Morgan fingerprint density at radius 3 is 2.31 bits per heavy atom. The van der Waals surface area contributed by atoms with E-state index in [2.05, 4.69) is 10.3 Å². The van der Waals surface area contributed by atoms with Gasteiger partial charge in [0.15, 0.2) is 9.84 Å². The molecule has 0 saturated carbocycles. The number of thiophene rings is 1. The van der Waals surface area contributed by atoms with Gasteiger partial charge < -0.3 is 5.32 Å². The van der Waals surface area contributed by atoms with Gasteiger partial charge in [0.05, 0.1) is 4.90 Å². The highest BCUT2D eigenvalue weighted by molar-refractivity contribution is 7.90.